The third-order valence-corrected chi connectivity index (χ3v) is 2.87. The molecule has 1 aromatic carbocycles. The third kappa shape index (κ3) is 5.48. The Hall–Kier alpha value is -1.89. The first-order valence-corrected chi connectivity index (χ1v) is 6.81. The maximum absolute atomic E-state index is 11.9. The van der Waals surface area contributed by atoms with Crippen LogP contribution in [0.4, 0.5) is 0 Å². The van der Waals surface area contributed by atoms with Crippen molar-refractivity contribution in [3.63, 3.8) is 0 Å². The van der Waals surface area contributed by atoms with Crippen LogP contribution in [0.3, 0.4) is 0 Å². The maximum atomic E-state index is 11.9. The van der Waals surface area contributed by atoms with E-state index in [2.05, 4.69) is 15.8 Å². The number of nitrogens with zero attached hydrogens (tertiary/aromatic N) is 1. The van der Waals surface area contributed by atoms with E-state index in [0.29, 0.717) is 25.4 Å². The number of methoxy groups -OCH3 is 1. The zero-order valence-electron chi connectivity index (χ0n) is 12.4. The lowest BCUT2D eigenvalue weighted by molar-refractivity contribution is 0.0917. The van der Waals surface area contributed by atoms with E-state index in [1.54, 1.807) is 13.2 Å². The molecular formula is C15H20ClN3O3. The fourth-order valence-electron chi connectivity index (χ4n) is 1.78. The molecule has 1 aromatic heterocycles. The normalized spacial score (nSPS) is 10.0. The smallest absolute Gasteiger partial charge is 0.289 e. The fourth-order valence-corrected chi connectivity index (χ4v) is 1.78. The first-order chi connectivity index (χ1) is 10.3. The zero-order valence-corrected chi connectivity index (χ0v) is 13.2. The number of hydrogen-bond donors (Lipinski definition) is 2. The van der Waals surface area contributed by atoms with E-state index in [0.717, 1.165) is 12.1 Å². The van der Waals surface area contributed by atoms with E-state index in [1.165, 1.54) is 0 Å². The van der Waals surface area contributed by atoms with E-state index in [-0.39, 0.29) is 24.1 Å². The number of hydrogen-bond acceptors (Lipinski definition) is 5. The van der Waals surface area contributed by atoms with Gasteiger partial charge in [-0.05, 0) is 0 Å². The molecule has 2 aromatic rings. The Morgan fingerprint density at radius 3 is 2.73 bits per heavy atom. The molecule has 0 radical (unpaired) electrons. The molecule has 0 aliphatic heterocycles. The highest BCUT2D eigenvalue weighted by Crippen LogP contribution is 2.18. The second kappa shape index (κ2) is 9.94. The van der Waals surface area contributed by atoms with E-state index < -0.39 is 0 Å². The van der Waals surface area contributed by atoms with Crippen LogP contribution in [0.25, 0.3) is 11.3 Å². The summed E-state index contributed by atoms with van der Waals surface area (Å²) >= 11 is 0. The van der Waals surface area contributed by atoms with Gasteiger partial charge in [-0.15, -0.1) is 12.4 Å². The van der Waals surface area contributed by atoms with Gasteiger partial charge in [0.15, 0.2) is 0 Å². The number of rotatable bonds is 8. The summed E-state index contributed by atoms with van der Waals surface area (Å²) in [5.74, 6) is -0.0519. The highest BCUT2D eigenvalue weighted by atomic mass is 35.5. The monoisotopic (exact) mass is 325 g/mol. The van der Waals surface area contributed by atoms with Crippen molar-refractivity contribution in [2.45, 2.75) is 0 Å². The molecule has 2 rings (SSSR count). The van der Waals surface area contributed by atoms with Crippen molar-refractivity contribution < 1.29 is 14.1 Å². The van der Waals surface area contributed by atoms with E-state index in [4.69, 9.17) is 9.26 Å². The molecule has 0 unspecified atom stereocenters. The first-order valence-electron chi connectivity index (χ1n) is 6.81. The number of benzene rings is 1. The Kier molecular flexibility index (Phi) is 8.21. The molecule has 0 aliphatic rings. The molecule has 0 bridgehead atoms. The van der Waals surface area contributed by atoms with Crippen LogP contribution in [-0.4, -0.2) is 44.4 Å². The summed E-state index contributed by atoms with van der Waals surface area (Å²) in [7, 11) is 1.65. The lowest BCUT2D eigenvalue weighted by Gasteiger charge is -2.04. The van der Waals surface area contributed by atoms with Crippen molar-refractivity contribution in [3.05, 3.63) is 42.2 Å². The summed E-state index contributed by atoms with van der Waals surface area (Å²) < 4.78 is 9.98. The van der Waals surface area contributed by atoms with Gasteiger partial charge in [-0.3, -0.25) is 4.79 Å². The van der Waals surface area contributed by atoms with Gasteiger partial charge < -0.3 is 19.9 Å². The summed E-state index contributed by atoms with van der Waals surface area (Å²) in [5.41, 5.74) is 1.57. The molecule has 0 spiro atoms. The Balaban J connectivity index is 0.00000242. The number of nitrogens with one attached hydrogen (secondary N) is 2. The SMILES string of the molecule is COCCNCCNC(=O)c1cc(-c2ccccc2)no1.Cl. The highest BCUT2D eigenvalue weighted by Gasteiger charge is 2.13. The highest BCUT2D eigenvalue weighted by molar-refractivity contribution is 5.92. The van der Waals surface area contributed by atoms with Gasteiger partial charge in [-0.1, -0.05) is 35.5 Å². The van der Waals surface area contributed by atoms with Crippen LogP contribution >= 0.6 is 12.4 Å². The molecule has 1 amide bonds. The predicted molar refractivity (Wildman–Crippen MR) is 86.3 cm³/mol. The van der Waals surface area contributed by atoms with Gasteiger partial charge in [-0.25, -0.2) is 0 Å². The first kappa shape index (κ1) is 18.2. The molecule has 0 fully saturated rings. The second-order valence-electron chi connectivity index (χ2n) is 4.44. The van der Waals surface area contributed by atoms with Crippen LogP contribution in [-0.2, 0) is 4.74 Å². The zero-order chi connectivity index (χ0) is 14.9. The van der Waals surface area contributed by atoms with Crippen molar-refractivity contribution in [1.82, 2.24) is 15.8 Å². The molecule has 0 saturated heterocycles. The van der Waals surface area contributed by atoms with Crippen LogP contribution in [0.15, 0.2) is 40.9 Å². The quantitative estimate of drug-likeness (QED) is 0.723. The van der Waals surface area contributed by atoms with Crippen molar-refractivity contribution in [1.29, 1.82) is 0 Å². The molecule has 120 valence electrons. The fraction of sp³-hybridized carbons (Fsp3) is 0.333. The third-order valence-electron chi connectivity index (χ3n) is 2.87. The van der Waals surface area contributed by atoms with Gasteiger partial charge in [0.05, 0.1) is 6.61 Å². The van der Waals surface area contributed by atoms with Crippen LogP contribution in [0.2, 0.25) is 0 Å². The average molecular weight is 326 g/mol. The van der Waals surface area contributed by atoms with Crippen LogP contribution in [0.5, 0.6) is 0 Å². The summed E-state index contributed by atoms with van der Waals surface area (Å²) in [4.78, 5) is 11.9. The summed E-state index contributed by atoms with van der Waals surface area (Å²) in [6, 6.07) is 11.2. The largest absolute Gasteiger partial charge is 0.383 e. The number of carbonyl (C=O) groups is 1. The predicted octanol–water partition coefficient (Wildman–Crippen LogP) is 1.73. The molecule has 0 atom stereocenters. The molecule has 2 N–H and O–H groups in total. The summed E-state index contributed by atoms with van der Waals surface area (Å²) in [6.45, 7) is 2.60. The summed E-state index contributed by atoms with van der Waals surface area (Å²) in [6.07, 6.45) is 0. The second-order valence-corrected chi connectivity index (χ2v) is 4.44. The van der Waals surface area contributed by atoms with Crippen molar-refractivity contribution in [2.75, 3.05) is 33.4 Å². The Bertz CT molecular complexity index is 560. The summed E-state index contributed by atoms with van der Waals surface area (Å²) in [5, 5.41) is 9.81. The standard InChI is InChI=1S/C15H19N3O3.ClH/c1-20-10-9-16-7-8-17-15(19)14-11-13(18-21-14)12-5-3-2-4-6-12;/h2-6,11,16H,7-10H2,1H3,(H,17,19);1H. The maximum Gasteiger partial charge on any atom is 0.289 e. The Labute approximate surface area is 135 Å². The van der Waals surface area contributed by atoms with E-state index in [9.17, 15) is 4.79 Å². The van der Waals surface area contributed by atoms with Gasteiger partial charge in [-0.2, -0.15) is 0 Å². The molecule has 6 nitrogen and oxygen atoms in total. The minimum Gasteiger partial charge on any atom is -0.383 e. The number of carbonyl (C=O) groups excluding carboxylic acids is 1. The van der Waals surface area contributed by atoms with Crippen molar-refractivity contribution in [3.8, 4) is 11.3 Å². The molecule has 1 heterocycles. The van der Waals surface area contributed by atoms with Crippen LogP contribution in [0, 0.1) is 0 Å². The minimum absolute atomic E-state index is 0. The van der Waals surface area contributed by atoms with Gasteiger partial charge >= 0.3 is 0 Å². The average Bonchev–Trinajstić information content (AvgIpc) is 3.01. The molecule has 0 aliphatic carbocycles. The topological polar surface area (TPSA) is 76.4 Å². The van der Waals surface area contributed by atoms with Crippen LogP contribution < -0.4 is 10.6 Å². The number of halogens is 1. The number of aromatic nitrogens is 1. The van der Waals surface area contributed by atoms with Gasteiger partial charge in [0.2, 0.25) is 5.76 Å². The lowest BCUT2D eigenvalue weighted by Crippen LogP contribution is -2.32. The van der Waals surface area contributed by atoms with Crippen molar-refractivity contribution in [2.24, 2.45) is 0 Å². The van der Waals surface area contributed by atoms with Gasteiger partial charge in [0.1, 0.15) is 5.69 Å². The number of amides is 1. The van der Waals surface area contributed by atoms with Gasteiger partial charge in [0.25, 0.3) is 5.91 Å². The minimum atomic E-state index is -0.266. The molecule has 22 heavy (non-hydrogen) atoms. The molecule has 0 saturated carbocycles. The van der Waals surface area contributed by atoms with E-state index in [1.807, 2.05) is 30.3 Å². The van der Waals surface area contributed by atoms with Gasteiger partial charge in [0, 0.05) is 38.4 Å². The Morgan fingerprint density at radius 2 is 2.00 bits per heavy atom. The van der Waals surface area contributed by atoms with E-state index >= 15 is 0 Å². The van der Waals surface area contributed by atoms with Crippen LogP contribution in [0.1, 0.15) is 10.6 Å². The number of ether oxygens (including phenoxy) is 1. The van der Waals surface area contributed by atoms with Crippen molar-refractivity contribution >= 4 is 18.3 Å². The Morgan fingerprint density at radius 1 is 1.23 bits per heavy atom. The molecule has 7 heteroatoms. The molecular weight excluding hydrogens is 306 g/mol. The lowest BCUT2D eigenvalue weighted by atomic mass is 10.1.